The number of hydrogen-bond acceptors (Lipinski definition) is 4. The zero-order chi connectivity index (χ0) is 8.97. The van der Waals surface area contributed by atoms with Crippen molar-refractivity contribution >= 4 is 17.2 Å². The Balaban J connectivity index is 2.50. The highest BCUT2D eigenvalue weighted by molar-refractivity contribution is 7.11. The fourth-order valence-corrected chi connectivity index (χ4v) is 1.21. The second-order valence-electron chi connectivity index (χ2n) is 2.39. The molecule has 1 aromatic heterocycles. The molecule has 0 bridgehead atoms. The van der Waals surface area contributed by atoms with Crippen molar-refractivity contribution < 1.29 is 9.90 Å². The first kappa shape index (κ1) is 9.15. The molecule has 0 saturated heterocycles. The van der Waals surface area contributed by atoms with E-state index >= 15 is 0 Å². The number of rotatable bonds is 3. The lowest BCUT2D eigenvalue weighted by molar-refractivity contribution is 0.0922. The van der Waals surface area contributed by atoms with E-state index in [0.717, 1.165) is 0 Å². The number of aliphatic hydroxyl groups is 1. The second-order valence-corrected chi connectivity index (χ2v) is 3.29. The minimum atomic E-state index is -0.230. The standard InChI is InChI=1S/C7H10N2O2S/c1-5(4-10)9-6(11)7-8-2-3-12-7/h2-3,5,10H,4H2,1H3,(H,9,11)/t5-/m0/s1. The van der Waals surface area contributed by atoms with Gasteiger partial charge in [-0.25, -0.2) is 4.98 Å². The number of aliphatic hydroxyl groups excluding tert-OH is 1. The maximum atomic E-state index is 11.2. The molecule has 5 heteroatoms. The zero-order valence-corrected chi connectivity index (χ0v) is 7.47. The van der Waals surface area contributed by atoms with Crippen molar-refractivity contribution in [2.75, 3.05) is 6.61 Å². The number of aromatic nitrogens is 1. The van der Waals surface area contributed by atoms with Crippen molar-refractivity contribution in [1.29, 1.82) is 0 Å². The lowest BCUT2D eigenvalue weighted by Crippen LogP contribution is -2.34. The third kappa shape index (κ3) is 2.28. The van der Waals surface area contributed by atoms with Crippen molar-refractivity contribution in [2.45, 2.75) is 13.0 Å². The predicted molar refractivity (Wildman–Crippen MR) is 46.1 cm³/mol. The van der Waals surface area contributed by atoms with Crippen LogP contribution in [0, 0.1) is 0 Å². The first-order chi connectivity index (χ1) is 5.74. The summed E-state index contributed by atoms with van der Waals surface area (Å²) in [7, 11) is 0. The molecule has 0 aliphatic carbocycles. The average molecular weight is 186 g/mol. The Hall–Kier alpha value is -0.940. The van der Waals surface area contributed by atoms with Crippen LogP contribution in [0.1, 0.15) is 16.7 Å². The molecular formula is C7H10N2O2S. The van der Waals surface area contributed by atoms with Gasteiger partial charge in [0.2, 0.25) is 0 Å². The molecule has 4 nitrogen and oxygen atoms in total. The molecule has 2 N–H and O–H groups in total. The van der Waals surface area contributed by atoms with Crippen molar-refractivity contribution in [3.8, 4) is 0 Å². The van der Waals surface area contributed by atoms with Gasteiger partial charge in [0, 0.05) is 17.6 Å². The van der Waals surface area contributed by atoms with Gasteiger partial charge in [-0.3, -0.25) is 4.79 Å². The Bertz CT molecular complexity index is 248. The van der Waals surface area contributed by atoms with Gasteiger partial charge in [0.1, 0.15) is 0 Å². The van der Waals surface area contributed by atoms with E-state index < -0.39 is 0 Å². The normalized spacial score (nSPS) is 12.5. The molecule has 0 aromatic carbocycles. The van der Waals surface area contributed by atoms with Crippen molar-refractivity contribution in [1.82, 2.24) is 10.3 Å². The SMILES string of the molecule is C[C@@H](CO)NC(=O)c1nccs1. The summed E-state index contributed by atoms with van der Waals surface area (Å²) in [4.78, 5) is 15.0. The third-order valence-corrected chi connectivity index (χ3v) is 2.05. The number of carbonyl (C=O) groups is 1. The van der Waals surface area contributed by atoms with E-state index in [9.17, 15) is 4.79 Å². The first-order valence-corrected chi connectivity index (χ1v) is 4.43. The van der Waals surface area contributed by atoms with E-state index in [1.165, 1.54) is 11.3 Å². The van der Waals surface area contributed by atoms with E-state index in [1.807, 2.05) is 0 Å². The van der Waals surface area contributed by atoms with Gasteiger partial charge in [0.05, 0.1) is 6.61 Å². The molecule has 12 heavy (non-hydrogen) atoms. The number of carbonyl (C=O) groups excluding carboxylic acids is 1. The summed E-state index contributed by atoms with van der Waals surface area (Å²) >= 11 is 1.28. The predicted octanol–water partition coefficient (Wildman–Crippen LogP) is 0.254. The summed E-state index contributed by atoms with van der Waals surface area (Å²) in [5, 5.41) is 13.4. The van der Waals surface area contributed by atoms with Crippen LogP contribution >= 0.6 is 11.3 Å². The van der Waals surface area contributed by atoms with Crippen LogP contribution in [0.5, 0.6) is 0 Å². The van der Waals surface area contributed by atoms with Crippen LogP contribution in [0.2, 0.25) is 0 Å². The quantitative estimate of drug-likeness (QED) is 0.711. The van der Waals surface area contributed by atoms with Gasteiger partial charge in [-0.15, -0.1) is 11.3 Å². The number of thiazole rings is 1. The van der Waals surface area contributed by atoms with E-state index in [4.69, 9.17) is 5.11 Å². The average Bonchev–Trinajstić information content (AvgIpc) is 2.56. The molecule has 1 atom stereocenters. The molecular weight excluding hydrogens is 176 g/mol. The Labute approximate surface area is 74.3 Å². The van der Waals surface area contributed by atoms with Crippen molar-refractivity contribution in [2.24, 2.45) is 0 Å². The molecule has 0 saturated carbocycles. The van der Waals surface area contributed by atoms with Crippen LogP contribution in [-0.2, 0) is 0 Å². The highest BCUT2D eigenvalue weighted by Gasteiger charge is 2.10. The molecule has 66 valence electrons. The fourth-order valence-electron chi connectivity index (χ4n) is 0.667. The topological polar surface area (TPSA) is 62.2 Å². The van der Waals surface area contributed by atoms with Gasteiger partial charge in [0.15, 0.2) is 5.01 Å². The van der Waals surface area contributed by atoms with E-state index in [1.54, 1.807) is 18.5 Å². The van der Waals surface area contributed by atoms with Gasteiger partial charge >= 0.3 is 0 Å². The maximum absolute atomic E-state index is 11.2. The van der Waals surface area contributed by atoms with Gasteiger partial charge in [0.25, 0.3) is 5.91 Å². The maximum Gasteiger partial charge on any atom is 0.280 e. The molecule has 0 unspecified atom stereocenters. The lowest BCUT2D eigenvalue weighted by Gasteiger charge is -2.08. The Morgan fingerprint density at radius 3 is 3.17 bits per heavy atom. The summed E-state index contributed by atoms with van der Waals surface area (Å²) < 4.78 is 0. The largest absolute Gasteiger partial charge is 0.394 e. The molecule has 1 heterocycles. The molecule has 1 amide bonds. The number of nitrogens with one attached hydrogen (secondary N) is 1. The summed E-state index contributed by atoms with van der Waals surface area (Å²) in [5.41, 5.74) is 0. The van der Waals surface area contributed by atoms with Crippen LogP contribution in [0.15, 0.2) is 11.6 Å². The monoisotopic (exact) mass is 186 g/mol. The highest BCUT2D eigenvalue weighted by atomic mass is 32.1. The smallest absolute Gasteiger partial charge is 0.280 e. The minimum Gasteiger partial charge on any atom is -0.394 e. The molecule has 0 radical (unpaired) electrons. The first-order valence-electron chi connectivity index (χ1n) is 3.55. The van der Waals surface area contributed by atoms with Crippen LogP contribution in [0.3, 0.4) is 0 Å². The number of amides is 1. The summed E-state index contributed by atoms with van der Waals surface area (Å²) in [6, 6.07) is -0.221. The second kappa shape index (κ2) is 4.18. The summed E-state index contributed by atoms with van der Waals surface area (Å²) in [5.74, 6) is -0.230. The van der Waals surface area contributed by atoms with E-state index in [-0.39, 0.29) is 18.6 Å². The zero-order valence-electron chi connectivity index (χ0n) is 6.65. The highest BCUT2D eigenvalue weighted by Crippen LogP contribution is 2.03. The Morgan fingerprint density at radius 2 is 2.67 bits per heavy atom. The van der Waals surface area contributed by atoms with Crippen molar-refractivity contribution in [3.05, 3.63) is 16.6 Å². The molecule has 0 aliphatic heterocycles. The molecule has 0 fully saturated rings. The molecule has 0 aliphatic rings. The summed E-state index contributed by atoms with van der Waals surface area (Å²) in [6.45, 7) is 1.67. The molecule has 1 aromatic rings. The van der Waals surface area contributed by atoms with E-state index in [0.29, 0.717) is 5.01 Å². The van der Waals surface area contributed by atoms with Gasteiger partial charge < -0.3 is 10.4 Å². The van der Waals surface area contributed by atoms with Crippen LogP contribution in [-0.4, -0.2) is 28.6 Å². The molecule has 1 rings (SSSR count). The van der Waals surface area contributed by atoms with Crippen LogP contribution in [0.4, 0.5) is 0 Å². The van der Waals surface area contributed by atoms with Gasteiger partial charge in [-0.05, 0) is 6.92 Å². The Kier molecular flexibility index (Phi) is 3.19. The Morgan fingerprint density at radius 1 is 1.92 bits per heavy atom. The van der Waals surface area contributed by atoms with E-state index in [2.05, 4.69) is 10.3 Å². The van der Waals surface area contributed by atoms with Crippen LogP contribution < -0.4 is 5.32 Å². The van der Waals surface area contributed by atoms with Crippen molar-refractivity contribution in [3.63, 3.8) is 0 Å². The number of hydrogen-bond donors (Lipinski definition) is 2. The molecule has 0 spiro atoms. The number of nitrogens with zero attached hydrogens (tertiary/aromatic N) is 1. The summed E-state index contributed by atoms with van der Waals surface area (Å²) in [6.07, 6.45) is 1.57. The minimum absolute atomic E-state index is 0.0584. The lowest BCUT2D eigenvalue weighted by atomic mass is 10.3. The third-order valence-electron chi connectivity index (χ3n) is 1.28. The van der Waals surface area contributed by atoms with Gasteiger partial charge in [-0.1, -0.05) is 0 Å². The van der Waals surface area contributed by atoms with Crippen LogP contribution in [0.25, 0.3) is 0 Å². The van der Waals surface area contributed by atoms with Gasteiger partial charge in [-0.2, -0.15) is 0 Å². The fraction of sp³-hybridized carbons (Fsp3) is 0.429.